The summed E-state index contributed by atoms with van der Waals surface area (Å²) in [4.78, 5) is 23.4. The zero-order chi connectivity index (χ0) is 14.5. The van der Waals surface area contributed by atoms with Gasteiger partial charge in [-0.15, -0.1) is 0 Å². The van der Waals surface area contributed by atoms with Crippen LogP contribution in [0, 0.1) is 0 Å². The first kappa shape index (κ1) is 15.2. The second kappa shape index (κ2) is 6.33. The van der Waals surface area contributed by atoms with Crippen LogP contribution >= 0.6 is 0 Å². The molecule has 0 aromatic heterocycles. The summed E-state index contributed by atoms with van der Waals surface area (Å²) in [6, 6.07) is 6.83. The van der Waals surface area contributed by atoms with E-state index < -0.39 is 5.54 Å². The van der Waals surface area contributed by atoms with Gasteiger partial charge >= 0.3 is 0 Å². The average molecular weight is 263 g/mol. The van der Waals surface area contributed by atoms with E-state index in [0.717, 1.165) is 0 Å². The van der Waals surface area contributed by atoms with Crippen LogP contribution in [0.2, 0.25) is 0 Å². The summed E-state index contributed by atoms with van der Waals surface area (Å²) in [6.45, 7) is 5.84. The third-order valence-electron chi connectivity index (χ3n) is 2.69. The van der Waals surface area contributed by atoms with Gasteiger partial charge in [0.2, 0.25) is 5.91 Å². The van der Waals surface area contributed by atoms with E-state index in [-0.39, 0.29) is 11.8 Å². The van der Waals surface area contributed by atoms with Crippen LogP contribution in [0.1, 0.15) is 37.6 Å². The molecule has 1 aromatic carbocycles. The van der Waals surface area contributed by atoms with Crippen LogP contribution in [0.15, 0.2) is 24.3 Å². The number of nitrogens with two attached hydrogens (primary N) is 1. The Labute approximate surface area is 113 Å². The standard InChI is InChI=1S/C14H21N3O2/c1-4-12(18)16-11-7-5-6-10(8-11)13(19)17-14(2,3)9-15/h5-8H,4,9,15H2,1-3H3,(H,16,18)(H,17,19). The summed E-state index contributed by atoms with van der Waals surface area (Å²) in [6.07, 6.45) is 0.399. The molecule has 0 atom stereocenters. The Morgan fingerprint density at radius 3 is 2.58 bits per heavy atom. The van der Waals surface area contributed by atoms with Crippen molar-refractivity contribution < 1.29 is 9.59 Å². The van der Waals surface area contributed by atoms with Gasteiger partial charge in [-0.05, 0) is 32.0 Å². The van der Waals surface area contributed by atoms with Crippen molar-refractivity contribution in [3.05, 3.63) is 29.8 Å². The van der Waals surface area contributed by atoms with E-state index >= 15 is 0 Å². The molecule has 19 heavy (non-hydrogen) atoms. The third-order valence-corrected chi connectivity index (χ3v) is 2.69. The molecule has 0 unspecified atom stereocenters. The van der Waals surface area contributed by atoms with Gasteiger partial charge < -0.3 is 16.4 Å². The lowest BCUT2D eigenvalue weighted by Crippen LogP contribution is -2.48. The molecule has 0 aliphatic rings. The number of rotatable bonds is 5. The van der Waals surface area contributed by atoms with E-state index in [9.17, 15) is 9.59 Å². The fourth-order valence-corrected chi connectivity index (χ4v) is 1.42. The first-order valence-corrected chi connectivity index (χ1v) is 6.30. The van der Waals surface area contributed by atoms with Crippen molar-refractivity contribution in [2.45, 2.75) is 32.7 Å². The third kappa shape index (κ3) is 4.71. The summed E-state index contributed by atoms with van der Waals surface area (Å²) in [5.74, 6) is -0.289. The second-order valence-electron chi connectivity index (χ2n) is 5.02. The number of anilines is 1. The quantitative estimate of drug-likeness (QED) is 0.752. The van der Waals surface area contributed by atoms with E-state index in [0.29, 0.717) is 24.2 Å². The monoisotopic (exact) mass is 263 g/mol. The van der Waals surface area contributed by atoms with Crippen LogP contribution in [0.25, 0.3) is 0 Å². The highest BCUT2D eigenvalue weighted by molar-refractivity contribution is 5.97. The summed E-state index contributed by atoms with van der Waals surface area (Å²) >= 11 is 0. The Bertz CT molecular complexity index is 470. The van der Waals surface area contributed by atoms with E-state index in [1.165, 1.54) is 0 Å². The predicted molar refractivity (Wildman–Crippen MR) is 76.0 cm³/mol. The summed E-state index contributed by atoms with van der Waals surface area (Å²) in [7, 11) is 0. The topological polar surface area (TPSA) is 84.2 Å². The van der Waals surface area contributed by atoms with Crippen LogP contribution in [-0.4, -0.2) is 23.9 Å². The van der Waals surface area contributed by atoms with Crippen molar-refractivity contribution in [3.8, 4) is 0 Å². The second-order valence-corrected chi connectivity index (χ2v) is 5.02. The van der Waals surface area contributed by atoms with Crippen molar-refractivity contribution in [2.24, 2.45) is 5.73 Å². The molecule has 5 nitrogen and oxygen atoms in total. The van der Waals surface area contributed by atoms with Gasteiger partial charge in [0, 0.05) is 29.8 Å². The highest BCUT2D eigenvalue weighted by Crippen LogP contribution is 2.12. The lowest BCUT2D eigenvalue weighted by Gasteiger charge is -2.24. The summed E-state index contributed by atoms with van der Waals surface area (Å²) < 4.78 is 0. The number of benzene rings is 1. The van der Waals surface area contributed by atoms with Gasteiger partial charge in [-0.3, -0.25) is 9.59 Å². The first-order chi connectivity index (χ1) is 8.88. The Hall–Kier alpha value is -1.88. The molecule has 5 heteroatoms. The van der Waals surface area contributed by atoms with Gasteiger partial charge in [0.05, 0.1) is 0 Å². The molecule has 2 amide bonds. The van der Waals surface area contributed by atoms with E-state index in [4.69, 9.17) is 5.73 Å². The Morgan fingerprint density at radius 1 is 1.32 bits per heavy atom. The zero-order valence-electron chi connectivity index (χ0n) is 11.6. The smallest absolute Gasteiger partial charge is 0.251 e. The van der Waals surface area contributed by atoms with E-state index in [1.807, 2.05) is 13.8 Å². The molecule has 0 aliphatic carbocycles. The molecule has 0 bridgehead atoms. The average Bonchev–Trinajstić information content (AvgIpc) is 2.38. The molecule has 104 valence electrons. The molecular formula is C14H21N3O2. The summed E-state index contributed by atoms with van der Waals surface area (Å²) in [5, 5.41) is 5.56. The highest BCUT2D eigenvalue weighted by atomic mass is 16.2. The van der Waals surface area contributed by atoms with Gasteiger partial charge in [-0.25, -0.2) is 0 Å². The number of nitrogens with one attached hydrogen (secondary N) is 2. The molecule has 0 heterocycles. The van der Waals surface area contributed by atoms with Crippen molar-refractivity contribution in [1.29, 1.82) is 0 Å². The van der Waals surface area contributed by atoms with Crippen LogP contribution < -0.4 is 16.4 Å². The largest absolute Gasteiger partial charge is 0.346 e. The molecule has 0 radical (unpaired) electrons. The number of hydrogen-bond acceptors (Lipinski definition) is 3. The predicted octanol–water partition coefficient (Wildman–Crippen LogP) is 1.50. The number of carbonyl (C=O) groups is 2. The molecule has 1 rings (SSSR count). The van der Waals surface area contributed by atoms with Crippen LogP contribution in [-0.2, 0) is 4.79 Å². The zero-order valence-corrected chi connectivity index (χ0v) is 11.6. The fraction of sp³-hybridized carbons (Fsp3) is 0.429. The molecule has 0 aliphatic heterocycles. The van der Waals surface area contributed by atoms with E-state index in [2.05, 4.69) is 10.6 Å². The van der Waals surface area contributed by atoms with Crippen LogP contribution in [0.3, 0.4) is 0 Å². The minimum Gasteiger partial charge on any atom is -0.346 e. The lowest BCUT2D eigenvalue weighted by atomic mass is 10.1. The summed E-state index contributed by atoms with van der Waals surface area (Å²) in [5.41, 5.74) is 6.23. The molecule has 4 N–H and O–H groups in total. The molecule has 0 fully saturated rings. The SMILES string of the molecule is CCC(=O)Nc1cccc(C(=O)NC(C)(C)CN)c1. The fourth-order valence-electron chi connectivity index (χ4n) is 1.42. The lowest BCUT2D eigenvalue weighted by molar-refractivity contribution is -0.115. The van der Waals surface area contributed by atoms with Gasteiger partial charge in [-0.2, -0.15) is 0 Å². The molecule has 1 aromatic rings. The highest BCUT2D eigenvalue weighted by Gasteiger charge is 2.19. The van der Waals surface area contributed by atoms with Crippen molar-refractivity contribution in [3.63, 3.8) is 0 Å². The van der Waals surface area contributed by atoms with Gasteiger partial charge in [0.1, 0.15) is 0 Å². The normalized spacial score (nSPS) is 10.9. The number of amides is 2. The van der Waals surface area contributed by atoms with Gasteiger partial charge in [0.25, 0.3) is 5.91 Å². The van der Waals surface area contributed by atoms with E-state index in [1.54, 1.807) is 31.2 Å². The van der Waals surface area contributed by atoms with Gasteiger partial charge in [0.15, 0.2) is 0 Å². The minimum absolute atomic E-state index is 0.0835. The molecule has 0 saturated carbocycles. The molecule has 0 spiro atoms. The van der Waals surface area contributed by atoms with Crippen molar-refractivity contribution in [1.82, 2.24) is 5.32 Å². The maximum atomic E-state index is 12.0. The van der Waals surface area contributed by atoms with Crippen LogP contribution in [0.5, 0.6) is 0 Å². The number of hydrogen-bond donors (Lipinski definition) is 3. The number of carbonyl (C=O) groups excluding carboxylic acids is 2. The first-order valence-electron chi connectivity index (χ1n) is 6.30. The minimum atomic E-state index is -0.459. The molecule has 0 saturated heterocycles. The Morgan fingerprint density at radius 2 is 2.00 bits per heavy atom. The van der Waals surface area contributed by atoms with Crippen LogP contribution in [0.4, 0.5) is 5.69 Å². The molecular weight excluding hydrogens is 242 g/mol. The van der Waals surface area contributed by atoms with Gasteiger partial charge in [-0.1, -0.05) is 13.0 Å². The Kier molecular flexibility index (Phi) is 5.06. The Balaban J connectivity index is 2.81. The maximum Gasteiger partial charge on any atom is 0.251 e. The van der Waals surface area contributed by atoms with Crippen molar-refractivity contribution >= 4 is 17.5 Å². The maximum absolute atomic E-state index is 12.0. The van der Waals surface area contributed by atoms with Crippen molar-refractivity contribution in [2.75, 3.05) is 11.9 Å².